The van der Waals surface area contributed by atoms with Crippen LogP contribution in [0.3, 0.4) is 0 Å². The van der Waals surface area contributed by atoms with Crippen molar-refractivity contribution in [2.75, 3.05) is 66.5 Å². The standard InChI is InChI=1S/C22H35N5O3/c1-18(30-20-8-6-7-19(15-20)29-3)16-24-22(23-2)27-13-11-25(12-14-27)17-21(28)26-9-4-5-10-26/h6-8,15,18H,4-5,9-14,16-17H2,1-3H3,(H,23,24). The molecule has 30 heavy (non-hydrogen) atoms. The zero-order chi connectivity index (χ0) is 21.3. The summed E-state index contributed by atoms with van der Waals surface area (Å²) in [5.41, 5.74) is 0. The molecule has 2 saturated heterocycles. The van der Waals surface area contributed by atoms with Crippen LogP contribution in [0.25, 0.3) is 0 Å². The molecule has 0 aromatic heterocycles. The number of likely N-dealkylation sites (tertiary alicyclic amines) is 1. The summed E-state index contributed by atoms with van der Waals surface area (Å²) in [5.74, 6) is 2.72. The highest BCUT2D eigenvalue weighted by molar-refractivity contribution is 5.80. The normalized spacial score (nSPS) is 19.0. The van der Waals surface area contributed by atoms with Gasteiger partial charge in [-0.15, -0.1) is 0 Å². The summed E-state index contributed by atoms with van der Waals surface area (Å²) in [4.78, 5) is 23.3. The van der Waals surface area contributed by atoms with Crippen LogP contribution in [0.15, 0.2) is 29.3 Å². The molecule has 0 spiro atoms. The Labute approximate surface area is 179 Å². The second-order valence-corrected chi connectivity index (χ2v) is 7.89. The third-order valence-electron chi connectivity index (χ3n) is 5.63. The van der Waals surface area contributed by atoms with E-state index in [4.69, 9.17) is 9.47 Å². The first-order valence-corrected chi connectivity index (χ1v) is 10.9. The molecule has 1 aromatic carbocycles. The maximum atomic E-state index is 12.4. The Hall–Kier alpha value is -2.48. The Morgan fingerprint density at radius 3 is 2.47 bits per heavy atom. The van der Waals surface area contributed by atoms with E-state index in [1.54, 1.807) is 14.2 Å². The summed E-state index contributed by atoms with van der Waals surface area (Å²) < 4.78 is 11.2. The number of guanidine groups is 1. The minimum absolute atomic E-state index is 0.0202. The van der Waals surface area contributed by atoms with Gasteiger partial charge in [-0.1, -0.05) is 6.07 Å². The number of benzene rings is 1. The minimum Gasteiger partial charge on any atom is -0.497 e. The van der Waals surface area contributed by atoms with Gasteiger partial charge in [0.15, 0.2) is 5.96 Å². The van der Waals surface area contributed by atoms with Gasteiger partial charge in [-0.25, -0.2) is 0 Å². The quantitative estimate of drug-likeness (QED) is 0.532. The molecule has 1 unspecified atom stereocenters. The number of carbonyl (C=O) groups excluding carboxylic acids is 1. The molecule has 0 bridgehead atoms. The Balaban J connectivity index is 1.40. The van der Waals surface area contributed by atoms with E-state index in [0.29, 0.717) is 13.1 Å². The number of ether oxygens (including phenoxy) is 2. The van der Waals surface area contributed by atoms with Gasteiger partial charge >= 0.3 is 0 Å². The molecule has 1 aromatic rings. The van der Waals surface area contributed by atoms with Gasteiger partial charge in [0.25, 0.3) is 0 Å². The number of nitrogens with zero attached hydrogens (tertiary/aromatic N) is 4. The molecule has 1 atom stereocenters. The second kappa shape index (κ2) is 11.1. The maximum Gasteiger partial charge on any atom is 0.236 e. The molecule has 8 heteroatoms. The fourth-order valence-electron chi connectivity index (χ4n) is 3.89. The van der Waals surface area contributed by atoms with E-state index < -0.39 is 0 Å². The van der Waals surface area contributed by atoms with Crippen molar-refractivity contribution >= 4 is 11.9 Å². The maximum absolute atomic E-state index is 12.4. The summed E-state index contributed by atoms with van der Waals surface area (Å²) in [6.07, 6.45) is 2.26. The molecule has 2 fully saturated rings. The number of amides is 1. The van der Waals surface area contributed by atoms with Crippen molar-refractivity contribution in [1.29, 1.82) is 0 Å². The summed E-state index contributed by atoms with van der Waals surface area (Å²) in [7, 11) is 3.45. The first-order valence-electron chi connectivity index (χ1n) is 10.9. The first kappa shape index (κ1) is 22.2. The Morgan fingerprint density at radius 1 is 1.10 bits per heavy atom. The molecule has 0 aliphatic carbocycles. The minimum atomic E-state index is -0.0202. The highest BCUT2D eigenvalue weighted by Crippen LogP contribution is 2.19. The van der Waals surface area contributed by atoms with Crippen LogP contribution in [-0.4, -0.2) is 99.2 Å². The molecule has 3 rings (SSSR count). The summed E-state index contributed by atoms with van der Waals surface area (Å²) in [5, 5.41) is 3.41. The molecule has 1 N–H and O–H groups in total. The summed E-state index contributed by atoms with van der Waals surface area (Å²) >= 11 is 0. The second-order valence-electron chi connectivity index (χ2n) is 7.89. The first-order chi connectivity index (χ1) is 14.6. The van der Waals surface area contributed by atoms with Crippen LogP contribution >= 0.6 is 0 Å². The van der Waals surface area contributed by atoms with Gasteiger partial charge < -0.3 is 24.6 Å². The topological polar surface area (TPSA) is 69.6 Å². The van der Waals surface area contributed by atoms with E-state index in [1.165, 1.54) is 0 Å². The number of aliphatic imine (C=N–C) groups is 1. The number of hydrogen-bond acceptors (Lipinski definition) is 5. The third-order valence-corrected chi connectivity index (χ3v) is 5.63. The molecule has 1 amide bonds. The lowest BCUT2D eigenvalue weighted by molar-refractivity contribution is -0.131. The molecule has 166 valence electrons. The van der Waals surface area contributed by atoms with Crippen molar-refractivity contribution in [2.45, 2.75) is 25.9 Å². The monoisotopic (exact) mass is 417 g/mol. The van der Waals surface area contributed by atoms with Crippen LogP contribution in [0.5, 0.6) is 11.5 Å². The zero-order valence-electron chi connectivity index (χ0n) is 18.5. The highest BCUT2D eigenvalue weighted by atomic mass is 16.5. The van der Waals surface area contributed by atoms with Crippen LogP contribution in [-0.2, 0) is 4.79 Å². The Morgan fingerprint density at radius 2 is 1.80 bits per heavy atom. The van der Waals surface area contributed by atoms with Crippen LogP contribution in [0, 0.1) is 0 Å². The van der Waals surface area contributed by atoms with E-state index >= 15 is 0 Å². The smallest absolute Gasteiger partial charge is 0.236 e. The summed E-state index contributed by atoms with van der Waals surface area (Å²) in [6.45, 7) is 8.52. The number of carbonyl (C=O) groups is 1. The van der Waals surface area contributed by atoms with Crippen molar-refractivity contribution in [3.63, 3.8) is 0 Å². The Kier molecular flexibility index (Phi) is 8.19. The number of methoxy groups -OCH3 is 1. The molecule has 0 radical (unpaired) electrons. The molecule has 8 nitrogen and oxygen atoms in total. The van der Waals surface area contributed by atoms with E-state index in [9.17, 15) is 4.79 Å². The third kappa shape index (κ3) is 6.26. The summed E-state index contributed by atoms with van der Waals surface area (Å²) in [6, 6.07) is 7.63. The molecule has 2 aliphatic rings. The van der Waals surface area contributed by atoms with Crippen LogP contribution in [0.2, 0.25) is 0 Å². The molecule has 2 aliphatic heterocycles. The van der Waals surface area contributed by atoms with Gasteiger partial charge in [0, 0.05) is 52.4 Å². The number of hydrogen-bond donors (Lipinski definition) is 1. The van der Waals surface area contributed by atoms with Crippen LogP contribution < -0.4 is 14.8 Å². The lowest BCUT2D eigenvalue weighted by Gasteiger charge is -2.36. The highest BCUT2D eigenvalue weighted by Gasteiger charge is 2.24. The fourth-order valence-corrected chi connectivity index (χ4v) is 3.89. The fraction of sp³-hybridized carbons (Fsp3) is 0.636. The van der Waals surface area contributed by atoms with Gasteiger partial charge in [-0.05, 0) is 31.9 Å². The van der Waals surface area contributed by atoms with E-state index in [-0.39, 0.29) is 12.0 Å². The van der Waals surface area contributed by atoms with E-state index in [0.717, 1.165) is 69.6 Å². The Bertz CT molecular complexity index is 712. The number of piperazine rings is 1. The average molecular weight is 418 g/mol. The molecular formula is C22H35N5O3. The predicted octanol–water partition coefficient (Wildman–Crippen LogP) is 1.28. The number of rotatable bonds is 7. The zero-order valence-corrected chi connectivity index (χ0v) is 18.5. The van der Waals surface area contributed by atoms with Crippen molar-refractivity contribution < 1.29 is 14.3 Å². The lowest BCUT2D eigenvalue weighted by atomic mass is 10.3. The number of nitrogens with one attached hydrogen (secondary N) is 1. The molecule has 0 saturated carbocycles. The van der Waals surface area contributed by atoms with Gasteiger partial charge in [-0.3, -0.25) is 14.7 Å². The van der Waals surface area contributed by atoms with Crippen molar-refractivity contribution in [1.82, 2.24) is 20.0 Å². The van der Waals surface area contributed by atoms with Gasteiger partial charge in [0.1, 0.15) is 17.6 Å². The van der Waals surface area contributed by atoms with Gasteiger partial charge in [-0.2, -0.15) is 0 Å². The van der Waals surface area contributed by atoms with E-state index in [2.05, 4.69) is 20.1 Å². The van der Waals surface area contributed by atoms with E-state index in [1.807, 2.05) is 36.1 Å². The molecule has 2 heterocycles. The SMILES string of the molecule is CN=C(NCC(C)Oc1cccc(OC)c1)N1CCN(CC(=O)N2CCCC2)CC1. The average Bonchev–Trinajstić information content (AvgIpc) is 3.30. The van der Waals surface area contributed by atoms with Crippen molar-refractivity contribution in [2.24, 2.45) is 4.99 Å². The van der Waals surface area contributed by atoms with Gasteiger partial charge in [0.2, 0.25) is 5.91 Å². The lowest BCUT2D eigenvalue weighted by Crippen LogP contribution is -2.54. The van der Waals surface area contributed by atoms with Crippen molar-refractivity contribution in [3.05, 3.63) is 24.3 Å². The largest absolute Gasteiger partial charge is 0.497 e. The van der Waals surface area contributed by atoms with Crippen LogP contribution in [0.4, 0.5) is 0 Å². The van der Waals surface area contributed by atoms with Gasteiger partial charge in [0.05, 0.1) is 20.2 Å². The van der Waals surface area contributed by atoms with Crippen molar-refractivity contribution in [3.8, 4) is 11.5 Å². The molecular weight excluding hydrogens is 382 g/mol. The predicted molar refractivity (Wildman–Crippen MR) is 118 cm³/mol. The van der Waals surface area contributed by atoms with Crippen LogP contribution in [0.1, 0.15) is 19.8 Å².